The van der Waals surface area contributed by atoms with E-state index in [4.69, 9.17) is 4.74 Å². The van der Waals surface area contributed by atoms with Gasteiger partial charge in [0.2, 0.25) is 10.0 Å². The van der Waals surface area contributed by atoms with E-state index in [0.717, 1.165) is 38.3 Å². The molecule has 0 aliphatic carbocycles. The predicted octanol–water partition coefficient (Wildman–Crippen LogP) is 0.198. The van der Waals surface area contributed by atoms with E-state index in [9.17, 15) is 12.8 Å². The highest BCUT2D eigenvalue weighted by atomic mass is 35.5. The molecule has 2 N–H and O–H groups in total. The lowest BCUT2D eigenvalue weighted by Gasteiger charge is -2.41. The molecule has 23 heavy (non-hydrogen) atoms. The third-order valence-electron chi connectivity index (χ3n) is 3.90. The molecular formula is C14H21ClFN3O3S. The van der Waals surface area contributed by atoms with Crippen molar-refractivity contribution in [3.63, 3.8) is 0 Å². The Kier molecular flexibility index (Phi) is 6.35. The summed E-state index contributed by atoms with van der Waals surface area (Å²) in [5.74, 6) is -0.451. The third kappa shape index (κ3) is 4.85. The van der Waals surface area contributed by atoms with Gasteiger partial charge in [0.25, 0.3) is 0 Å². The van der Waals surface area contributed by atoms with Crippen molar-refractivity contribution in [1.29, 1.82) is 0 Å². The van der Waals surface area contributed by atoms with Crippen LogP contribution < -0.4 is 10.0 Å². The van der Waals surface area contributed by atoms with E-state index < -0.39 is 15.8 Å². The molecule has 2 heterocycles. The monoisotopic (exact) mass is 365 g/mol. The summed E-state index contributed by atoms with van der Waals surface area (Å²) < 4.78 is 45.4. The largest absolute Gasteiger partial charge is 0.370 e. The number of nitrogens with zero attached hydrogens (tertiary/aromatic N) is 1. The highest BCUT2D eigenvalue weighted by Gasteiger charge is 2.30. The van der Waals surface area contributed by atoms with E-state index in [-0.39, 0.29) is 29.5 Å². The number of nitrogens with one attached hydrogen (secondary N) is 2. The van der Waals surface area contributed by atoms with Crippen molar-refractivity contribution >= 4 is 22.4 Å². The average molecular weight is 366 g/mol. The lowest BCUT2D eigenvalue weighted by atomic mass is 10.1. The Morgan fingerprint density at radius 2 is 1.83 bits per heavy atom. The highest BCUT2D eigenvalue weighted by Crippen LogP contribution is 2.14. The zero-order valence-corrected chi connectivity index (χ0v) is 14.2. The van der Waals surface area contributed by atoms with E-state index >= 15 is 0 Å². The summed E-state index contributed by atoms with van der Waals surface area (Å²) in [7, 11) is -3.58. The maximum Gasteiger partial charge on any atom is 0.240 e. The summed E-state index contributed by atoms with van der Waals surface area (Å²) in [4.78, 5) is 2.30. The van der Waals surface area contributed by atoms with Crippen LogP contribution in [0.4, 0.5) is 4.39 Å². The minimum atomic E-state index is -3.58. The number of fused-ring (bicyclic) bond motifs is 2. The van der Waals surface area contributed by atoms with E-state index in [1.165, 1.54) is 12.1 Å². The molecule has 2 atom stereocenters. The quantitative estimate of drug-likeness (QED) is 0.780. The number of benzene rings is 1. The molecule has 0 amide bonds. The molecule has 0 radical (unpaired) electrons. The summed E-state index contributed by atoms with van der Waals surface area (Å²) in [5, 5.41) is 3.32. The fourth-order valence-corrected chi connectivity index (χ4v) is 3.88. The highest BCUT2D eigenvalue weighted by molar-refractivity contribution is 7.89. The minimum Gasteiger partial charge on any atom is -0.370 e. The maximum absolute atomic E-state index is 12.8. The molecule has 2 saturated heterocycles. The zero-order valence-electron chi connectivity index (χ0n) is 12.6. The second-order valence-corrected chi connectivity index (χ2v) is 7.42. The maximum atomic E-state index is 12.8. The SMILES string of the molecule is Cl.O=S(=O)(NCCN1CC2CNCC(C1)O2)c1ccc(F)cc1. The van der Waals surface area contributed by atoms with Gasteiger partial charge < -0.3 is 10.1 Å². The van der Waals surface area contributed by atoms with Gasteiger partial charge in [0.05, 0.1) is 17.1 Å². The van der Waals surface area contributed by atoms with Crippen LogP contribution in [0.15, 0.2) is 29.2 Å². The second-order valence-electron chi connectivity index (χ2n) is 5.65. The van der Waals surface area contributed by atoms with E-state index in [1.54, 1.807) is 0 Å². The molecule has 130 valence electrons. The van der Waals surface area contributed by atoms with Gasteiger partial charge in [0, 0.05) is 39.3 Å². The number of ether oxygens (including phenoxy) is 1. The molecule has 2 bridgehead atoms. The van der Waals surface area contributed by atoms with Crippen LogP contribution in [0.25, 0.3) is 0 Å². The van der Waals surface area contributed by atoms with E-state index in [1.807, 2.05) is 0 Å². The normalized spacial score (nSPS) is 24.9. The molecule has 9 heteroatoms. The van der Waals surface area contributed by atoms with Crippen molar-refractivity contribution in [2.45, 2.75) is 17.1 Å². The smallest absolute Gasteiger partial charge is 0.240 e. The van der Waals surface area contributed by atoms with Gasteiger partial charge in [-0.1, -0.05) is 0 Å². The molecule has 3 rings (SSSR count). The fourth-order valence-electron chi connectivity index (χ4n) is 2.86. The molecule has 2 fully saturated rings. The Hall–Kier alpha value is -0.770. The molecule has 1 aromatic carbocycles. The van der Waals surface area contributed by atoms with Crippen molar-refractivity contribution in [1.82, 2.24) is 14.9 Å². The van der Waals surface area contributed by atoms with Crippen LogP contribution in [0.5, 0.6) is 0 Å². The van der Waals surface area contributed by atoms with Crippen LogP contribution in [0.2, 0.25) is 0 Å². The van der Waals surface area contributed by atoms with E-state index in [0.29, 0.717) is 13.1 Å². The first kappa shape index (κ1) is 18.6. The summed E-state index contributed by atoms with van der Waals surface area (Å²) >= 11 is 0. The van der Waals surface area contributed by atoms with Gasteiger partial charge in [-0.05, 0) is 24.3 Å². The molecule has 6 nitrogen and oxygen atoms in total. The van der Waals surface area contributed by atoms with Crippen molar-refractivity contribution in [2.75, 3.05) is 39.3 Å². The van der Waals surface area contributed by atoms with Crippen LogP contribution in [-0.2, 0) is 14.8 Å². The van der Waals surface area contributed by atoms with Gasteiger partial charge in [-0.3, -0.25) is 4.90 Å². The number of sulfonamides is 1. The van der Waals surface area contributed by atoms with Crippen LogP contribution >= 0.6 is 12.4 Å². The topological polar surface area (TPSA) is 70.7 Å². The van der Waals surface area contributed by atoms with Crippen LogP contribution in [-0.4, -0.2) is 64.8 Å². The molecule has 1 aromatic rings. The number of hydrogen-bond donors (Lipinski definition) is 2. The van der Waals surface area contributed by atoms with Crippen molar-refractivity contribution in [3.8, 4) is 0 Å². The first-order valence-corrected chi connectivity index (χ1v) is 8.85. The van der Waals surface area contributed by atoms with Gasteiger partial charge >= 0.3 is 0 Å². The van der Waals surface area contributed by atoms with Crippen molar-refractivity contribution < 1.29 is 17.5 Å². The average Bonchev–Trinajstić information content (AvgIpc) is 2.47. The fraction of sp³-hybridized carbons (Fsp3) is 0.571. The van der Waals surface area contributed by atoms with Gasteiger partial charge in [-0.2, -0.15) is 0 Å². The minimum absolute atomic E-state index is 0. The lowest BCUT2D eigenvalue weighted by molar-refractivity contribution is -0.102. The van der Waals surface area contributed by atoms with Gasteiger partial charge in [-0.15, -0.1) is 12.4 Å². The standard InChI is InChI=1S/C14H20FN3O3S.ClH/c15-11-1-3-14(4-2-11)22(19,20)17-5-6-18-9-12-7-16-8-13(10-18)21-12;/h1-4,12-13,16-17H,5-10H2;1H. The summed E-state index contributed by atoms with van der Waals surface area (Å²) in [6.07, 6.45) is 0.363. The summed E-state index contributed by atoms with van der Waals surface area (Å²) in [6, 6.07) is 4.82. The van der Waals surface area contributed by atoms with Crippen LogP contribution in [0.3, 0.4) is 0 Å². The second kappa shape index (κ2) is 7.87. The number of halogens is 2. The summed E-state index contributed by atoms with van der Waals surface area (Å²) in [6.45, 7) is 4.26. The first-order chi connectivity index (χ1) is 10.5. The Labute approximate surface area is 141 Å². The van der Waals surface area contributed by atoms with Gasteiger partial charge in [0.15, 0.2) is 0 Å². The van der Waals surface area contributed by atoms with Crippen molar-refractivity contribution in [3.05, 3.63) is 30.1 Å². The Morgan fingerprint density at radius 1 is 1.22 bits per heavy atom. The van der Waals surface area contributed by atoms with Gasteiger partial charge in [-0.25, -0.2) is 17.5 Å². The van der Waals surface area contributed by atoms with Crippen LogP contribution in [0.1, 0.15) is 0 Å². The lowest BCUT2D eigenvalue weighted by Crippen LogP contribution is -2.59. The zero-order chi connectivity index (χ0) is 15.6. The Bertz CT molecular complexity index is 602. The van der Waals surface area contributed by atoms with Crippen LogP contribution in [0, 0.1) is 5.82 Å². The molecule has 0 spiro atoms. The number of hydrogen-bond acceptors (Lipinski definition) is 5. The number of morpholine rings is 2. The Morgan fingerprint density at radius 3 is 2.43 bits per heavy atom. The first-order valence-electron chi connectivity index (χ1n) is 7.37. The third-order valence-corrected chi connectivity index (χ3v) is 5.37. The number of rotatable bonds is 5. The molecule has 2 aliphatic heterocycles. The molecule has 0 aromatic heterocycles. The predicted molar refractivity (Wildman–Crippen MR) is 86.8 cm³/mol. The van der Waals surface area contributed by atoms with Crippen molar-refractivity contribution in [2.24, 2.45) is 0 Å². The van der Waals surface area contributed by atoms with Gasteiger partial charge in [0.1, 0.15) is 5.82 Å². The Balaban J connectivity index is 0.00000192. The molecule has 0 saturated carbocycles. The molecular weight excluding hydrogens is 345 g/mol. The van der Waals surface area contributed by atoms with E-state index in [2.05, 4.69) is 14.9 Å². The summed E-state index contributed by atoms with van der Waals surface area (Å²) in [5.41, 5.74) is 0. The molecule has 2 aliphatic rings. The molecule has 2 unspecified atom stereocenters.